The Morgan fingerprint density at radius 3 is 2.25 bits per heavy atom. The molecule has 2 aliphatic heterocycles. The molecule has 7 nitrogen and oxygen atoms in total. The van der Waals surface area contributed by atoms with Crippen LogP contribution in [0.5, 0.6) is 0 Å². The van der Waals surface area contributed by atoms with Crippen LogP contribution in [-0.4, -0.2) is 30.6 Å². The highest BCUT2D eigenvalue weighted by molar-refractivity contribution is 8.00. The molecule has 1 N–H and O–H groups in total. The Morgan fingerprint density at radius 1 is 0.750 bits per heavy atom. The second-order valence-corrected chi connectivity index (χ2v) is 17.4. The quantitative estimate of drug-likeness (QED) is 0.153. The maximum atomic E-state index is 6.49. The number of aromatic nitrogens is 4. The van der Waals surface area contributed by atoms with Gasteiger partial charge in [-0.25, -0.2) is 9.98 Å². The SMILES string of the molecule is C=C/C(=C\c1c(C)n(-c2nc(-c3ccccc3)nc(-c3ccc4c(c3)SC3C(C5=Nc6c(oc7ccccc67)C(c6ccccc6)N5)=CC=CC43)n2)c2ccccc12)c1ccccc1. The molecule has 0 saturated heterocycles. The van der Waals surface area contributed by atoms with E-state index in [-0.39, 0.29) is 17.2 Å². The molecular formula is C56H40N6OS. The molecule has 3 aromatic heterocycles. The van der Waals surface area contributed by atoms with E-state index in [0.29, 0.717) is 17.6 Å². The van der Waals surface area contributed by atoms with Gasteiger partial charge < -0.3 is 9.73 Å². The summed E-state index contributed by atoms with van der Waals surface area (Å²) in [6, 6.07) is 54.1. The predicted octanol–water partition coefficient (Wildman–Crippen LogP) is 13.4. The molecule has 64 heavy (non-hydrogen) atoms. The van der Waals surface area contributed by atoms with Crippen molar-refractivity contribution in [3.8, 4) is 28.7 Å². The second-order valence-electron chi connectivity index (χ2n) is 16.3. The molecule has 3 aliphatic rings. The first-order valence-corrected chi connectivity index (χ1v) is 22.4. The fraction of sp³-hybridized carbons (Fsp3) is 0.0714. The van der Waals surface area contributed by atoms with Crippen molar-refractivity contribution >= 4 is 56.8 Å². The molecule has 306 valence electrons. The minimum atomic E-state index is -0.181. The molecule has 0 spiro atoms. The molecular weight excluding hydrogens is 805 g/mol. The van der Waals surface area contributed by atoms with E-state index >= 15 is 0 Å². The maximum Gasteiger partial charge on any atom is 0.238 e. The third kappa shape index (κ3) is 6.37. The first-order chi connectivity index (χ1) is 31.6. The van der Waals surface area contributed by atoms with Gasteiger partial charge >= 0.3 is 0 Å². The van der Waals surface area contributed by atoms with Gasteiger partial charge in [0.1, 0.15) is 23.1 Å². The van der Waals surface area contributed by atoms with Crippen molar-refractivity contribution in [2.45, 2.75) is 29.0 Å². The van der Waals surface area contributed by atoms with Gasteiger partial charge in [-0.2, -0.15) is 9.97 Å². The van der Waals surface area contributed by atoms with E-state index in [1.54, 1.807) is 0 Å². The number of hydrogen-bond donors (Lipinski definition) is 1. The van der Waals surface area contributed by atoms with Gasteiger partial charge in [0, 0.05) is 54.8 Å². The van der Waals surface area contributed by atoms with Crippen molar-refractivity contribution in [1.82, 2.24) is 24.8 Å². The summed E-state index contributed by atoms with van der Waals surface area (Å²) in [5, 5.41) is 6.06. The summed E-state index contributed by atoms with van der Waals surface area (Å²) in [5.41, 5.74) is 12.4. The Morgan fingerprint density at radius 2 is 1.45 bits per heavy atom. The van der Waals surface area contributed by atoms with Gasteiger partial charge in [-0.05, 0) is 59.5 Å². The molecule has 0 bridgehead atoms. The Balaban J connectivity index is 0.942. The third-order valence-corrected chi connectivity index (χ3v) is 13.9. The molecule has 0 saturated carbocycles. The summed E-state index contributed by atoms with van der Waals surface area (Å²) in [6.45, 7) is 6.31. The van der Waals surface area contributed by atoms with E-state index in [9.17, 15) is 0 Å². The van der Waals surface area contributed by atoms with Gasteiger partial charge in [-0.3, -0.25) is 4.57 Å². The summed E-state index contributed by atoms with van der Waals surface area (Å²) < 4.78 is 8.66. The van der Waals surface area contributed by atoms with Gasteiger partial charge in [0.2, 0.25) is 5.95 Å². The number of nitrogens with zero attached hydrogens (tertiary/aromatic N) is 5. The van der Waals surface area contributed by atoms with Crippen molar-refractivity contribution < 1.29 is 4.42 Å². The molecule has 12 rings (SSSR count). The van der Waals surface area contributed by atoms with E-state index in [2.05, 4.69) is 157 Å². The first-order valence-electron chi connectivity index (χ1n) is 21.5. The zero-order chi connectivity index (χ0) is 42.7. The lowest BCUT2D eigenvalue weighted by Crippen LogP contribution is -2.36. The summed E-state index contributed by atoms with van der Waals surface area (Å²) >= 11 is 1.87. The number of aliphatic imine (C=N–C) groups is 1. The molecule has 1 aliphatic carbocycles. The number of hydrogen-bond acceptors (Lipinski definition) is 7. The maximum absolute atomic E-state index is 6.49. The first kappa shape index (κ1) is 37.9. The summed E-state index contributed by atoms with van der Waals surface area (Å²) in [7, 11) is 0. The van der Waals surface area contributed by atoms with E-state index in [4.69, 9.17) is 24.4 Å². The topological polar surface area (TPSA) is 81.1 Å². The number of amidine groups is 1. The average molecular weight is 845 g/mol. The number of thioether (sulfide) groups is 1. The van der Waals surface area contributed by atoms with Crippen LogP contribution in [0.15, 0.2) is 208 Å². The van der Waals surface area contributed by atoms with E-state index in [1.807, 2.05) is 66.4 Å². The number of nitrogens with one attached hydrogen (secondary N) is 1. The van der Waals surface area contributed by atoms with Crippen molar-refractivity contribution in [3.63, 3.8) is 0 Å². The molecule has 3 unspecified atom stereocenters. The van der Waals surface area contributed by atoms with Gasteiger partial charge in [0.15, 0.2) is 17.4 Å². The summed E-state index contributed by atoms with van der Waals surface area (Å²) in [4.78, 5) is 22.2. The molecule has 0 fully saturated rings. The van der Waals surface area contributed by atoms with Crippen LogP contribution in [0.2, 0.25) is 0 Å². The zero-order valence-corrected chi connectivity index (χ0v) is 35.7. The zero-order valence-electron chi connectivity index (χ0n) is 34.9. The monoisotopic (exact) mass is 844 g/mol. The predicted molar refractivity (Wildman–Crippen MR) is 261 cm³/mol. The van der Waals surface area contributed by atoms with Crippen LogP contribution in [0.1, 0.15) is 45.7 Å². The highest BCUT2D eigenvalue weighted by atomic mass is 32.2. The van der Waals surface area contributed by atoms with Crippen LogP contribution < -0.4 is 5.32 Å². The largest absolute Gasteiger partial charge is 0.456 e. The number of allylic oxidation sites excluding steroid dienone is 5. The van der Waals surface area contributed by atoms with Crippen LogP contribution in [0.4, 0.5) is 5.69 Å². The van der Waals surface area contributed by atoms with Crippen LogP contribution in [0.3, 0.4) is 0 Å². The lowest BCUT2D eigenvalue weighted by atomic mass is 9.86. The smallest absolute Gasteiger partial charge is 0.238 e. The fourth-order valence-corrected chi connectivity index (χ4v) is 10.9. The Bertz CT molecular complexity index is 3440. The normalized spacial score (nSPS) is 17.6. The summed E-state index contributed by atoms with van der Waals surface area (Å²) in [6.07, 6.45) is 10.9. The Labute approximate surface area is 375 Å². The van der Waals surface area contributed by atoms with Gasteiger partial charge in [0.05, 0.1) is 5.52 Å². The Kier molecular flexibility index (Phi) is 9.19. The van der Waals surface area contributed by atoms with Crippen molar-refractivity contribution in [2.75, 3.05) is 0 Å². The number of benzene rings is 6. The highest BCUT2D eigenvalue weighted by Gasteiger charge is 2.40. The second kappa shape index (κ2) is 15.5. The van der Waals surface area contributed by atoms with Gasteiger partial charge in [-0.1, -0.05) is 164 Å². The molecule has 9 aromatic rings. The number of para-hydroxylation sites is 2. The lowest BCUT2D eigenvalue weighted by Gasteiger charge is -2.30. The van der Waals surface area contributed by atoms with E-state index in [1.165, 1.54) is 10.5 Å². The molecule has 0 amide bonds. The molecule has 5 heterocycles. The van der Waals surface area contributed by atoms with E-state index < -0.39 is 0 Å². The molecule has 6 aromatic carbocycles. The molecule has 0 radical (unpaired) electrons. The van der Waals surface area contributed by atoms with Crippen LogP contribution in [0.25, 0.3) is 62.2 Å². The van der Waals surface area contributed by atoms with Crippen LogP contribution in [-0.2, 0) is 0 Å². The van der Waals surface area contributed by atoms with E-state index in [0.717, 1.165) is 83.8 Å². The summed E-state index contributed by atoms with van der Waals surface area (Å²) in [5.74, 6) is 3.66. The van der Waals surface area contributed by atoms with Crippen LogP contribution in [0, 0.1) is 6.92 Å². The number of furan rings is 1. The van der Waals surface area contributed by atoms with Gasteiger partial charge in [0.25, 0.3) is 0 Å². The lowest BCUT2D eigenvalue weighted by molar-refractivity contribution is 0.503. The molecule has 3 atom stereocenters. The average Bonchev–Trinajstić information content (AvgIpc) is 4.02. The number of fused-ring (bicyclic) bond motifs is 7. The third-order valence-electron chi connectivity index (χ3n) is 12.5. The molecule has 8 heteroatoms. The van der Waals surface area contributed by atoms with Crippen LogP contribution >= 0.6 is 11.8 Å². The minimum Gasteiger partial charge on any atom is -0.456 e. The highest BCUT2D eigenvalue weighted by Crippen LogP contribution is 2.52. The Hall–Kier alpha value is -7.81. The fourth-order valence-electron chi connectivity index (χ4n) is 9.40. The van der Waals surface area contributed by atoms with Crippen molar-refractivity contribution in [1.29, 1.82) is 0 Å². The van der Waals surface area contributed by atoms with Crippen molar-refractivity contribution in [2.24, 2.45) is 4.99 Å². The number of rotatable bonds is 8. The minimum absolute atomic E-state index is 0.114. The van der Waals surface area contributed by atoms with Crippen molar-refractivity contribution in [3.05, 3.63) is 228 Å². The van der Waals surface area contributed by atoms with Gasteiger partial charge in [-0.15, -0.1) is 11.8 Å². The standard InChI is InChI=1S/C56H40N6OS/c1-3-35(36-18-7-4-8-19-36)32-45-34(2)62(46-28-15-13-24-40(45)46)56-60-53(38-22-11-6-12-23-38)59-54(61-56)39-30-31-41-42-26-17-27-44(52(42)64-48(41)33-39)55-57-49(37-20-9-5-10-21-37)51-50(58-55)43-25-14-16-29-47(43)63-51/h3-33,42,49,52H,1H2,2H3,(H,57,58)/b35-32+.